The summed E-state index contributed by atoms with van der Waals surface area (Å²) in [4.78, 5) is 14.5. The number of hydrogen-bond acceptors (Lipinski definition) is 3. The molecular weight excluding hydrogens is 254 g/mol. The minimum atomic E-state index is -1.08. The predicted molar refractivity (Wildman–Crippen MR) is 64.7 cm³/mol. The van der Waals surface area contributed by atoms with Crippen LogP contribution in [-0.4, -0.2) is 17.5 Å². The van der Waals surface area contributed by atoms with Gasteiger partial charge in [-0.3, -0.25) is 4.79 Å². The van der Waals surface area contributed by atoms with Gasteiger partial charge < -0.3 is 10.1 Å². The van der Waals surface area contributed by atoms with E-state index in [1.165, 1.54) is 0 Å². The number of ether oxygens (including phenoxy) is 1. The lowest BCUT2D eigenvalue weighted by Gasteiger charge is -2.07. The smallest absolute Gasteiger partial charge is 0.262 e. The molecule has 0 spiro atoms. The number of benzene rings is 1. The Morgan fingerprint density at radius 3 is 2.58 bits per heavy atom. The summed E-state index contributed by atoms with van der Waals surface area (Å²) in [5.41, 5.74) is -0.192. The Kier molecular flexibility index (Phi) is 4.02. The quantitative estimate of drug-likeness (QED) is 0.862. The van der Waals surface area contributed by atoms with E-state index in [1.54, 1.807) is 24.3 Å². The Morgan fingerprint density at radius 2 is 1.89 bits per heavy atom. The molecular formula is C13H10F2N2O2. The maximum Gasteiger partial charge on any atom is 0.262 e. The molecule has 1 N–H and O–H groups in total. The topological polar surface area (TPSA) is 51.2 Å². The number of anilines is 1. The van der Waals surface area contributed by atoms with E-state index in [-0.39, 0.29) is 12.3 Å². The zero-order valence-corrected chi connectivity index (χ0v) is 9.77. The highest BCUT2D eigenvalue weighted by molar-refractivity contribution is 5.91. The Bertz CT molecular complexity index is 576. The fourth-order valence-electron chi connectivity index (χ4n) is 1.36. The highest BCUT2D eigenvalue weighted by Crippen LogP contribution is 2.12. The molecule has 1 amide bonds. The van der Waals surface area contributed by atoms with Crippen molar-refractivity contribution in [2.24, 2.45) is 0 Å². The molecule has 0 aliphatic carbocycles. The number of para-hydroxylation sites is 1. The number of hydrogen-bond donors (Lipinski definition) is 1. The number of nitrogens with one attached hydrogen (secondary N) is 1. The fourth-order valence-corrected chi connectivity index (χ4v) is 1.36. The monoisotopic (exact) mass is 264 g/mol. The van der Waals surface area contributed by atoms with Crippen LogP contribution in [0.25, 0.3) is 0 Å². The molecule has 1 heterocycles. The second-order valence-electron chi connectivity index (χ2n) is 3.62. The first-order chi connectivity index (χ1) is 9.15. The number of halogens is 2. The van der Waals surface area contributed by atoms with Crippen LogP contribution in [0.2, 0.25) is 0 Å². The average molecular weight is 264 g/mol. The molecule has 0 radical (unpaired) electrons. The largest absolute Gasteiger partial charge is 0.484 e. The molecule has 1 aromatic carbocycles. The minimum absolute atomic E-state index is 0.192. The van der Waals surface area contributed by atoms with Crippen LogP contribution in [0.1, 0.15) is 0 Å². The van der Waals surface area contributed by atoms with Gasteiger partial charge in [-0.05, 0) is 24.3 Å². The Hall–Kier alpha value is -2.50. The van der Waals surface area contributed by atoms with E-state index >= 15 is 0 Å². The van der Waals surface area contributed by atoms with Crippen LogP contribution in [0.3, 0.4) is 0 Å². The van der Waals surface area contributed by atoms with Crippen molar-refractivity contribution >= 4 is 11.6 Å². The summed E-state index contributed by atoms with van der Waals surface area (Å²) >= 11 is 0. The third-order valence-electron chi connectivity index (χ3n) is 2.20. The minimum Gasteiger partial charge on any atom is -0.484 e. The number of pyridine rings is 1. The van der Waals surface area contributed by atoms with Crippen LogP contribution >= 0.6 is 0 Å². The normalized spacial score (nSPS) is 10.0. The number of amides is 1. The van der Waals surface area contributed by atoms with E-state index in [2.05, 4.69) is 10.3 Å². The van der Waals surface area contributed by atoms with Crippen LogP contribution < -0.4 is 10.1 Å². The van der Waals surface area contributed by atoms with Crippen molar-refractivity contribution in [3.63, 3.8) is 0 Å². The van der Waals surface area contributed by atoms with E-state index < -0.39 is 17.8 Å². The van der Waals surface area contributed by atoms with Gasteiger partial charge in [-0.1, -0.05) is 18.2 Å². The maximum absolute atomic E-state index is 13.2. The second-order valence-corrected chi connectivity index (χ2v) is 3.62. The van der Waals surface area contributed by atoms with Crippen molar-refractivity contribution in [2.45, 2.75) is 0 Å². The average Bonchev–Trinajstić information content (AvgIpc) is 2.41. The number of carbonyl (C=O) groups is 1. The Balaban J connectivity index is 1.91. The first-order valence-corrected chi connectivity index (χ1v) is 5.45. The van der Waals surface area contributed by atoms with E-state index in [9.17, 15) is 13.6 Å². The van der Waals surface area contributed by atoms with Crippen molar-refractivity contribution < 1.29 is 18.3 Å². The van der Waals surface area contributed by atoms with Gasteiger partial charge in [0.05, 0.1) is 5.69 Å². The number of aromatic nitrogens is 1. The van der Waals surface area contributed by atoms with Crippen molar-refractivity contribution in [2.75, 3.05) is 11.9 Å². The van der Waals surface area contributed by atoms with Gasteiger partial charge >= 0.3 is 0 Å². The van der Waals surface area contributed by atoms with Crippen molar-refractivity contribution in [3.05, 3.63) is 54.4 Å². The third-order valence-corrected chi connectivity index (χ3v) is 2.20. The molecule has 19 heavy (non-hydrogen) atoms. The van der Waals surface area contributed by atoms with E-state index in [4.69, 9.17) is 4.74 Å². The number of carbonyl (C=O) groups excluding carboxylic acids is 1. The number of rotatable bonds is 4. The lowest BCUT2D eigenvalue weighted by Crippen LogP contribution is -2.21. The molecule has 0 saturated heterocycles. The van der Waals surface area contributed by atoms with Crippen LogP contribution in [0.5, 0.6) is 5.75 Å². The second kappa shape index (κ2) is 5.90. The maximum atomic E-state index is 13.2. The molecule has 1 aromatic heterocycles. The van der Waals surface area contributed by atoms with Crippen LogP contribution in [0.4, 0.5) is 14.5 Å². The molecule has 0 aliphatic heterocycles. The summed E-state index contributed by atoms with van der Waals surface area (Å²) in [7, 11) is 0. The Labute approximate surface area is 108 Å². The standard InChI is InChI=1S/C13H10F2N2O2/c14-11-7-6-10(13(15)17-11)16-12(18)8-19-9-4-2-1-3-5-9/h1-7H,8H2,(H,16,18). The van der Waals surface area contributed by atoms with Crippen LogP contribution in [-0.2, 0) is 4.79 Å². The van der Waals surface area contributed by atoms with Gasteiger partial charge in [-0.2, -0.15) is 13.8 Å². The lowest BCUT2D eigenvalue weighted by atomic mass is 10.3. The van der Waals surface area contributed by atoms with E-state index in [1.807, 2.05) is 6.07 Å². The highest BCUT2D eigenvalue weighted by atomic mass is 19.1. The first kappa shape index (κ1) is 12.9. The van der Waals surface area contributed by atoms with Crippen molar-refractivity contribution in [1.29, 1.82) is 0 Å². The summed E-state index contributed by atoms with van der Waals surface area (Å²) in [6.45, 7) is -0.277. The fraction of sp³-hybridized carbons (Fsp3) is 0.0769. The summed E-state index contributed by atoms with van der Waals surface area (Å²) < 4.78 is 30.9. The molecule has 2 aromatic rings. The molecule has 4 nitrogen and oxygen atoms in total. The first-order valence-electron chi connectivity index (χ1n) is 5.45. The zero-order valence-electron chi connectivity index (χ0n) is 9.77. The van der Waals surface area contributed by atoms with Crippen molar-refractivity contribution in [3.8, 4) is 5.75 Å². The van der Waals surface area contributed by atoms with Crippen LogP contribution in [0, 0.1) is 11.9 Å². The van der Waals surface area contributed by atoms with Gasteiger partial charge in [0, 0.05) is 0 Å². The van der Waals surface area contributed by atoms with Gasteiger partial charge in [-0.15, -0.1) is 0 Å². The molecule has 0 atom stereocenters. The molecule has 0 fully saturated rings. The molecule has 0 bridgehead atoms. The summed E-state index contributed by atoms with van der Waals surface area (Å²) in [6.07, 6.45) is 0. The van der Waals surface area contributed by atoms with Gasteiger partial charge in [0.1, 0.15) is 5.75 Å². The summed E-state index contributed by atoms with van der Waals surface area (Å²) in [5.74, 6) is -2.06. The molecule has 6 heteroatoms. The van der Waals surface area contributed by atoms with Crippen molar-refractivity contribution in [1.82, 2.24) is 4.98 Å². The SMILES string of the molecule is O=C(COc1ccccc1)Nc1ccc(F)nc1F. The summed E-state index contributed by atoms with van der Waals surface area (Å²) in [6, 6.07) is 10.8. The predicted octanol–water partition coefficient (Wildman–Crippen LogP) is 2.38. The molecule has 98 valence electrons. The molecule has 0 aliphatic rings. The number of nitrogens with zero attached hydrogens (tertiary/aromatic N) is 1. The summed E-state index contributed by atoms with van der Waals surface area (Å²) in [5, 5.41) is 2.24. The van der Waals surface area contributed by atoms with Gasteiger partial charge in [-0.25, -0.2) is 0 Å². The van der Waals surface area contributed by atoms with Crippen LogP contribution in [0.15, 0.2) is 42.5 Å². The van der Waals surface area contributed by atoms with Gasteiger partial charge in [0.15, 0.2) is 6.61 Å². The molecule has 0 saturated carbocycles. The zero-order chi connectivity index (χ0) is 13.7. The lowest BCUT2D eigenvalue weighted by molar-refractivity contribution is -0.118. The molecule has 0 unspecified atom stereocenters. The third kappa shape index (κ3) is 3.74. The molecule has 2 rings (SSSR count). The van der Waals surface area contributed by atoms with E-state index in [0.717, 1.165) is 12.1 Å². The van der Waals surface area contributed by atoms with Gasteiger partial charge in [0.2, 0.25) is 11.9 Å². The highest BCUT2D eigenvalue weighted by Gasteiger charge is 2.09. The van der Waals surface area contributed by atoms with E-state index in [0.29, 0.717) is 5.75 Å². The van der Waals surface area contributed by atoms with Gasteiger partial charge in [0.25, 0.3) is 5.91 Å². The Morgan fingerprint density at radius 1 is 1.16 bits per heavy atom.